The zero-order valence-corrected chi connectivity index (χ0v) is 14.5. The van der Waals surface area contributed by atoms with Gasteiger partial charge in [0.25, 0.3) is 0 Å². The third-order valence-corrected chi connectivity index (χ3v) is 3.91. The van der Waals surface area contributed by atoms with Crippen LogP contribution in [-0.4, -0.2) is 30.3 Å². The molecule has 122 valence electrons. The van der Waals surface area contributed by atoms with Gasteiger partial charge >= 0.3 is 0 Å². The van der Waals surface area contributed by atoms with Crippen LogP contribution in [0.3, 0.4) is 0 Å². The molecule has 2 amide bonds. The molecule has 0 radical (unpaired) electrons. The predicted molar refractivity (Wildman–Crippen MR) is 89.6 cm³/mol. The lowest BCUT2D eigenvalue weighted by Crippen LogP contribution is -2.48. The summed E-state index contributed by atoms with van der Waals surface area (Å²) in [6, 6.07) is 7.26. The summed E-state index contributed by atoms with van der Waals surface area (Å²) in [5.41, 5.74) is -0.130. The highest BCUT2D eigenvalue weighted by Gasteiger charge is 2.37. The molecule has 0 spiro atoms. The molecule has 0 aliphatic heterocycles. The fourth-order valence-corrected chi connectivity index (χ4v) is 2.20. The Morgan fingerprint density at radius 3 is 2.36 bits per heavy atom. The molecule has 0 aliphatic carbocycles. The Bertz CT molecular complexity index is 512. The van der Waals surface area contributed by atoms with Crippen molar-refractivity contribution in [2.75, 3.05) is 13.6 Å². The fraction of sp³-hybridized carbons (Fsp3) is 0.529. The van der Waals surface area contributed by atoms with Crippen LogP contribution in [0.2, 0.25) is 5.02 Å². The Kier molecular flexibility index (Phi) is 6.88. The SMILES string of the molecule is CCCCN(C)C(=O)C(C)(C)C(=O)NCc1ccc(Cl)cc1. The molecule has 4 nitrogen and oxygen atoms in total. The number of carbonyl (C=O) groups is 2. The Labute approximate surface area is 137 Å². The molecule has 0 saturated carbocycles. The van der Waals surface area contributed by atoms with Gasteiger partial charge in [-0.05, 0) is 38.0 Å². The van der Waals surface area contributed by atoms with Crippen LogP contribution in [0.4, 0.5) is 0 Å². The second kappa shape index (κ2) is 8.18. The maximum absolute atomic E-state index is 12.4. The molecule has 0 bridgehead atoms. The van der Waals surface area contributed by atoms with Crippen molar-refractivity contribution in [3.8, 4) is 0 Å². The number of benzene rings is 1. The molecule has 0 heterocycles. The first-order valence-corrected chi connectivity index (χ1v) is 7.95. The minimum atomic E-state index is -1.07. The van der Waals surface area contributed by atoms with E-state index in [1.165, 1.54) is 0 Å². The van der Waals surface area contributed by atoms with Crippen molar-refractivity contribution in [3.63, 3.8) is 0 Å². The number of nitrogens with one attached hydrogen (secondary N) is 1. The van der Waals surface area contributed by atoms with Crippen molar-refractivity contribution in [1.29, 1.82) is 0 Å². The normalized spacial score (nSPS) is 11.1. The molecule has 1 N–H and O–H groups in total. The van der Waals surface area contributed by atoms with Crippen molar-refractivity contribution in [3.05, 3.63) is 34.9 Å². The largest absolute Gasteiger partial charge is 0.351 e. The van der Waals surface area contributed by atoms with E-state index < -0.39 is 5.41 Å². The van der Waals surface area contributed by atoms with E-state index in [4.69, 9.17) is 11.6 Å². The van der Waals surface area contributed by atoms with Crippen molar-refractivity contribution >= 4 is 23.4 Å². The summed E-state index contributed by atoms with van der Waals surface area (Å²) in [4.78, 5) is 26.4. The van der Waals surface area contributed by atoms with Gasteiger partial charge < -0.3 is 10.2 Å². The Morgan fingerprint density at radius 1 is 1.23 bits per heavy atom. The molecular formula is C17H25ClN2O2. The number of carbonyl (C=O) groups excluding carboxylic acids is 2. The maximum Gasteiger partial charge on any atom is 0.237 e. The average molecular weight is 325 g/mol. The second-order valence-electron chi connectivity index (χ2n) is 6.01. The van der Waals surface area contributed by atoms with E-state index in [1.807, 2.05) is 12.1 Å². The van der Waals surface area contributed by atoms with Crippen LogP contribution >= 0.6 is 11.6 Å². The number of nitrogens with zero attached hydrogens (tertiary/aromatic N) is 1. The summed E-state index contributed by atoms with van der Waals surface area (Å²) in [6.45, 7) is 6.45. The molecule has 0 fully saturated rings. The summed E-state index contributed by atoms with van der Waals surface area (Å²) in [5.74, 6) is -0.426. The van der Waals surface area contributed by atoms with E-state index in [0.29, 0.717) is 18.1 Å². The lowest BCUT2D eigenvalue weighted by atomic mass is 9.90. The molecular weight excluding hydrogens is 300 g/mol. The topological polar surface area (TPSA) is 49.4 Å². The van der Waals surface area contributed by atoms with Gasteiger partial charge in [-0.15, -0.1) is 0 Å². The van der Waals surface area contributed by atoms with E-state index in [9.17, 15) is 9.59 Å². The van der Waals surface area contributed by atoms with Crippen LogP contribution in [0.25, 0.3) is 0 Å². The van der Waals surface area contributed by atoms with E-state index >= 15 is 0 Å². The zero-order chi connectivity index (χ0) is 16.8. The van der Waals surface area contributed by atoms with Crippen LogP contribution in [0.15, 0.2) is 24.3 Å². The van der Waals surface area contributed by atoms with E-state index in [1.54, 1.807) is 37.9 Å². The van der Waals surface area contributed by atoms with Gasteiger partial charge in [0.2, 0.25) is 11.8 Å². The highest BCUT2D eigenvalue weighted by Crippen LogP contribution is 2.19. The number of hydrogen-bond donors (Lipinski definition) is 1. The summed E-state index contributed by atoms with van der Waals surface area (Å²) >= 11 is 5.83. The number of hydrogen-bond acceptors (Lipinski definition) is 2. The first-order valence-electron chi connectivity index (χ1n) is 7.57. The summed E-state index contributed by atoms with van der Waals surface area (Å²) in [6.07, 6.45) is 1.95. The molecule has 1 aromatic carbocycles. The molecule has 1 aromatic rings. The Morgan fingerprint density at radius 2 is 1.82 bits per heavy atom. The first kappa shape index (κ1) is 18.5. The molecule has 5 heteroatoms. The Hall–Kier alpha value is -1.55. The van der Waals surface area contributed by atoms with Crippen LogP contribution in [0.5, 0.6) is 0 Å². The van der Waals surface area contributed by atoms with Gasteiger partial charge in [0.15, 0.2) is 0 Å². The molecule has 0 aliphatic rings. The average Bonchev–Trinajstić information content (AvgIpc) is 2.50. The van der Waals surface area contributed by atoms with Crippen molar-refractivity contribution < 1.29 is 9.59 Å². The van der Waals surface area contributed by atoms with E-state index in [0.717, 1.165) is 18.4 Å². The standard InChI is InChI=1S/C17H25ClN2O2/c1-5-6-11-20(4)16(22)17(2,3)15(21)19-12-13-7-9-14(18)10-8-13/h7-10H,5-6,11-12H2,1-4H3,(H,19,21). The highest BCUT2D eigenvalue weighted by molar-refractivity contribution is 6.30. The van der Waals surface area contributed by atoms with E-state index in [2.05, 4.69) is 12.2 Å². The Balaban J connectivity index is 2.61. The highest BCUT2D eigenvalue weighted by atomic mass is 35.5. The lowest BCUT2D eigenvalue weighted by Gasteiger charge is -2.28. The monoisotopic (exact) mass is 324 g/mol. The molecule has 0 aromatic heterocycles. The molecule has 0 unspecified atom stereocenters. The molecule has 0 saturated heterocycles. The van der Waals surface area contributed by atoms with Crippen molar-refractivity contribution in [2.24, 2.45) is 5.41 Å². The van der Waals surface area contributed by atoms with Gasteiger partial charge in [0, 0.05) is 25.2 Å². The van der Waals surface area contributed by atoms with Gasteiger partial charge in [-0.3, -0.25) is 9.59 Å². The number of unbranched alkanes of at least 4 members (excludes halogenated alkanes) is 1. The predicted octanol–water partition coefficient (Wildman–Crippen LogP) is 3.24. The van der Waals surface area contributed by atoms with Gasteiger partial charge in [-0.25, -0.2) is 0 Å². The van der Waals surface area contributed by atoms with Crippen LogP contribution < -0.4 is 5.32 Å². The smallest absolute Gasteiger partial charge is 0.237 e. The van der Waals surface area contributed by atoms with Gasteiger partial charge in [-0.2, -0.15) is 0 Å². The minimum Gasteiger partial charge on any atom is -0.351 e. The summed E-state index contributed by atoms with van der Waals surface area (Å²) in [7, 11) is 1.74. The summed E-state index contributed by atoms with van der Waals surface area (Å²) < 4.78 is 0. The first-order chi connectivity index (χ1) is 10.3. The van der Waals surface area contributed by atoms with Gasteiger partial charge in [0.1, 0.15) is 5.41 Å². The zero-order valence-electron chi connectivity index (χ0n) is 13.8. The van der Waals surface area contributed by atoms with Crippen LogP contribution in [-0.2, 0) is 16.1 Å². The van der Waals surface area contributed by atoms with E-state index in [-0.39, 0.29) is 11.8 Å². The number of amides is 2. The third kappa shape index (κ3) is 5.02. The van der Waals surface area contributed by atoms with Crippen molar-refractivity contribution in [1.82, 2.24) is 10.2 Å². The molecule has 22 heavy (non-hydrogen) atoms. The molecule has 1 rings (SSSR count). The maximum atomic E-state index is 12.4. The second-order valence-corrected chi connectivity index (χ2v) is 6.45. The quantitative estimate of drug-likeness (QED) is 0.783. The number of rotatable bonds is 7. The lowest BCUT2D eigenvalue weighted by molar-refractivity contribution is -0.147. The van der Waals surface area contributed by atoms with Crippen LogP contribution in [0.1, 0.15) is 39.2 Å². The number of halogens is 1. The van der Waals surface area contributed by atoms with Gasteiger partial charge in [0.05, 0.1) is 0 Å². The summed E-state index contributed by atoms with van der Waals surface area (Å²) in [5, 5.41) is 3.48. The van der Waals surface area contributed by atoms with Gasteiger partial charge in [-0.1, -0.05) is 37.1 Å². The van der Waals surface area contributed by atoms with Crippen LogP contribution in [0, 0.1) is 5.41 Å². The third-order valence-electron chi connectivity index (χ3n) is 3.66. The molecule has 0 atom stereocenters. The minimum absolute atomic E-state index is 0.158. The van der Waals surface area contributed by atoms with Crippen molar-refractivity contribution in [2.45, 2.75) is 40.2 Å². The fourth-order valence-electron chi connectivity index (χ4n) is 2.08.